The van der Waals surface area contributed by atoms with Crippen LogP contribution in [0.4, 0.5) is 31.5 Å². The van der Waals surface area contributed by atoms with Crippen molar-refractivity contribution in [3.05, 3.63) is 53.2 Å². The SMILES string of the molecule is CN=CC(=CN)c1cc2c(cc1C(F)F)N(c1cccc3c1NC(C)CC(=O)N3)CCC2. The average molecular weight is 440 g/mol. The van der Waals surface area contributed by atoms with Crippen molar-refractivity contribution in [2.24, 2.45) is 10.7 Å². The van der Waals surface area contributed by atoms with E-state index in [9.17, 15) is 13.6 Å². The van der Waals surface area contributed by atoms with E-state index in [-0.39, 0.29) is 17.5 Å². The van der Waals surface area contributed by atoms with E-state index in [1.807, 2.05) is 31.2 Å². The van der Waals surface area contributed by atoms with Crippen molar-refractivity contribution in [3.63, 3.8) is 0 Å². The van der Waals surface area contributed by atoms with E-state index in [4.69, 9.17) is 5.73 Å². The molecule has 2 aliphatic heterocycles. The molecule has 8 heteroatoms. The molecule has 0 spiro atoms. The predicted octanol–water partition coefficient (Wildman–Crippen LogP) is 4.85. The van der Waals surface area contributed by atoms with Crippen molar-refractivity contribution in [2.45, 2.75) is 38.7 Å². The maximum Gasteiger partial charge on any atom is 0.264 e. The van der Waals surface area contributed by atoms with Gasteiger partial charge in [0.05, 0.1) is 17.1 Å². The molecule has 0 fully saturated rings. The Morgan fingerprint density at radius 2 is 2.12 bits per heavy atom. The first kappa shape index (κ1) is 21.8. The van der Waals surface area contributed by atoms with E-state index in [0.717, 1.165) is 35.5 Å². The summed E-state index contributed by atoms with van der Waals surface area (Å²) in [7, 11) is 1.58. The largest absolute Gasteiger partial charge is 0.404 e. The third kappa shape index (κ3) is 4.04. The second kappa shape index (κ2) is 8.98. The Balaban J connectivity index is 1.86. The lowest BCUT2D eigenvalue weighted by molar-refractivity contribution is -0.116. The first-order valence-electron chi connectivity index (χ1n) is 10.7. The first-order valence-corrected chi connectivity index (χ1v) is 10.7. The summed E-state index contributed by atoms with van der Waals surface area (Å²) >= 11 is 0. The van der Waals surface area contributed by atoms with Gasteiger partial charge in [-0.25, -0.2) is 8.78 Å². The summed E-state index contributed by atoms with van der Waals surface area (Å²) < 4.78 is 28.2. The molecule has 4 N–H and O–H groups in total. The maximum absolute atomic E-state index is 14.1. The number of para-hydroxylation sites is 1. The number of fused-ring (bicyclic) bond motifs is 2. The highest BCUT2D eigenvalue weighted by molar-refractivity contribution is 6.10. The van der Waals surface area contributed by atoms with Gasteiger partial charge in [-0.1, -0.05) is 6.07 Å². The van der Waals surface area contributed by atoms with Crippen LogP contribution in [-0.4, -0.2) is 31.8 Å². The van der Waals surface area contributed by atoms with Crippen LogP contribution in [0.3, 0.4) is 0 Å². The minimum Gasteiger partial charge on any atom is -0.404 e. The highest BCUT2D eigenvalue weighted by atomic mass is 19.3. The summed E-state index contributed by atoms with van der Waals surface area (Å²) in [4.78, 5) is 18.2. The summed E-state index contributed by atoms with van der Waals surface area (Å²) in [5.41, 5.74) is 10.6. The van der Waals surface area contributed by atoms with Crippen LogP contribution in [-0.2, 0) is 11.2 Å². The quantitative estimate of drug-likeness (QED) is 0.595. The monoisotopic (exact) mass is 439 g/mol. The zero-order valence-electron chi connectivity index (χ0n) is 18.2. The van der Waals surface area contributed by atoms with E-state index in [1.165, 1.54) is 12.4 Å². The molecule has 1 unspecified atom stereocenters. The summed E-state index contributed by atoms with van der Waals surface area (Å²) in [6.45, 7) is 2.64. The number of benzene rings is 2. The molecule has 0 aromatic heterocycles. The molecular formula is C24H27F2N5O. The Labute approximate surface area is 186 Å². The number of carbonyl (C=O) groups excluding carboxylic acids is 1. The van der Waals surface area contributed by atoms with E-state index < -0.39 is 6.43 Å². The molecule has 1 amide bonds. The number of aryl methyl sites for hydroxylation is 1. The van der Waals surface area contributed by atoms with Gasteiger partial charge in [0.2, 0.25) is 5.91 Å². The molecule has 0 saturated heterocycles. The summed E-state index contributed by atoms with van der Waals surface area (Å²) in [6, 6.07) is 9.00. The fourth-order valence-corrected chi connectivity index (χ4v) is 4.47. The minimum atomic E-state index is -2.66. The van der Waals surface area contributed by atoms with Gasteiger partial charge in [-0.2, -0.15) is 0 Å². The lowest BCUT2D eigenvalue weighted by atomic mass is 9.92. The Kier molecular flexibility index (Phi) is 6.12. The molecule has 2 aromatic carbocycles. The number of amides is 1. The van der Waals surface area contributed by atoms with Crippen LogP contribution in [0.15, 0.2) is 41.5 Å². The smallest absolute Gasteiger partial charge is 0.264 e. The predicted molar refractivity (Wildman–Crippen MR) is 126 cm³/mol. The fraction of sp³-hybridized carbons (Fsp3) is 0.333. The Morgan fingerprint density at radius 1 is 1.31 bits per heavy atom. The highest BCUT2D eigenvalue weighted by Crippen LogP contribution is 2.44. The van der Waals surface area contributed by atoms with Crippen LogP contribution in [0.5, 0.6) is 0 Å². The number of halogens is 2. The molecule has 0 radical (unpaired) electrons. The van der Waals surface area contributed by atoms with Crippen LogP contribution in [0.1, 0.15) is 42.9 Å². The number of nitrogens with one attached hydrogen (secondary N) is 2. The lowest BCUT2D eigenvalue weighted by Crippen LogP contribution is -2.27. The number of rotatable bonds is 4. The van der Waals surface area contributed by atoms with Gasteiger partial charge in [0.25, 0.3) is 6.43 Å². The van der Waals surface area contributed by atoms with E-state index in [1.54, 1.807) is 13.1 Å². The molecule has 168 valence electrons. The topological polar surface area (TPSA) is 82.8 Å². The molecule has 32 heavy (non-hydrogen) atoms. The lowest BCUT2D eigenvalue weighted by Gasteiger charge is -2.34. The Hall–Kier alpha value is -3.42. The van der Waals surface area contributed by atoms with E-state index in [0.29, 0.717) is 29.8 Å². The zero-order valence-corrected chi connectivity index (χ0v) is 18.2. The van der Waals surface area contributed by atoms with Crippen LogP contribution < -0.4 is 21.3 Å². The number of nitrogens with two attached hydrogens (primary N) is 1. The molecule has 2 aliphatic rings. The second-order valence-electron chi connectivity index (χ2n) is 8.13. The molecule has 2 heterocycles. The summed E-state index contributed by atoms with van der Waals surface area (Å²) in [5, 5.41) is 6.37. The maximum atomic E-state index is 14.1. The average Bonchev–Trinajstić information content (AvgIpc) is 2.92. The molecule has 0 saturated carbocycles. The van der Waals surface area contributed by atoms with Gasteiger partial charge in [-0.3, -0.25) is 9.79 Å². The molecule has 4 rings (SSSR count). The van der Waals surface area contributed by atoms with Gasteiger partial charge in [-0.15, -0.1) is 0 Å². The van der Waals surface area contributed by atoms with Gasteiger partial charge in [0, 0.05) is 55.3 Å². The van der Waals surface area contributed by atoms with E-state index in [2.05, 4.69) is 20.5 Å². The van der Waals surface area contributed by atoms with Crippen LogP contribution in [0, 0.1) is 0 Å². The number of anilines is 4. The molecule has 0 aliphatic carbocycles. The van der Waals surface area contributed by atoms with Crippen LogP contribution >= 0.6 is 0 Å². The van der Waals surface area contributed by atoms with Crippen molar-refractivity contribution in [3.8, 4) is 0 Å². The molecular weight excluding hydrogens is 412 g/mol. The number of carbonyl (C=O) groups is 1. The number of aliphatic imine (C=N–C) groups is 1. The van der Waals surface area contributed by atoms with Gasteiger partial charge < -0.3 is 21.3 Å². The summed E-state index contributed by atoms with van der Waals surface area (Å²) in [6.07, 6.45) is 2.15. The standard InChI is InChI=1S/C24H27F2N5O/c1-14-9-22(32)30-19-6-3-7-20(23(19)29-14)31-8-4-5-15-10-17(16(12-27)13-28-2)18(24(25)26)11-21(15)31/h3,6-7,10-14,24,29H,4-5,8-9,27H2,1-2H3,(H,30,32). The second-order valence-corrected chi connectivity index (χ2v) is 8.13. The van der Waals surface area contributed by atoms with Gasteiger partial charge in [-0.05, 0) is 55.2 Å². The number of nitrogens with zero attached hydrogens (tertiary/aromatic N) is 2. The van der Waals surface area contributed by atoms with Crippen molar-refractivity contribution >= 4 is 40.4 Å². The summed E-state index contributed by atoms with van der Waals surface area (Å²) in [5.74, 6) is -0.0525. The van der Waals surface area contributed by atoms with Crippen molar-refractivity contribution < 1.29 is 13.6 Å². The van der Waals surface area contributed by atoms with Crippen molar-refractivity contribution in [2.75, 3.05) is 29.1 Å². The van der Waals surface area contributed by atoms with Crippen LogP contribution in [0.25, 0.3) is 5.57 Å². The van der Waals surface area contributed by atoms with Gasteiger partial charge >= 0.3 is 0 Å². The van der Waals surface area contributed by atoms with Gasteiger partial charge in [0.15, 0.2) is 0 Å². The van der Waals surface area contributed by atoms with Gasteiger partial charge in [0.1, 0.15) is 0 Å². The highest BCUT2D eigenvalue weighted by Gasteiger charge is 2.28. The normalized spacial score (nSPS) is 18.8. The number of hydrogen-bond donors (Lipinski definition) is 3. The molecule has 6 nitrogen and oxygen atoms in total. The third-order valence-corrected chi connectivity index (χ3v) is 5.85. The first-order chi connectivity index (χ1) is 15.4. The Morgan fingerprint density at radius 3 is 2.84 bits per heavy atom. The van der Waals surface area contributed by atoms with Crippen molar-refractivity contribution in [1.82, 2.24) is 0 Å². The number of allylic oxidation sites excluding steroid dienone is 1. The number of alkyl halides is 2. The molecule has 0 bridgehead atoms. The minimum absolute atomic E-state index is 0.0498. The zero-order chi connectivity index (χ0) is 22.8. The molecule has 1 atom stereocenters. The molecule has 2 aromatic rings. The van der Waals surface area contributed by atoms with Crippen molar-refractivity contribution in [1.29, 1.82) is 0 Å². The van der Waals surface area contributed by atoms with Crippen LogP contribution in [0.2, 0.25) is 0 Å². The fourth-order valence-electron chi connectivity index (χ4n) is 4.47. The number of hydrogen-bond acceptors (Lipinski definition) is 5. The third-order valence-electron chi connectivity index (χ3n) is 5.85. The van der Waals surface area contributed by atoms with E-state index >= 15 is 0 Å². The Bertz CT molecular complexity index is 1100.